The van der Waals surface area contributed by atoms with Crippen molar-refractivity contribution in [1.82, 2.24) is 20.3 Å². The zero-order valence-electron chi connectivity index (χ0n) is 12.1. The van der Waals surface area contributed by atoms with Crippen molar-refractivity contribution in [2.24, 2.45) is 5.92 Å². The monoisotopic (exact) mass is 262 g/mol. The molecule has 5 heteroatoms. The van der Waals surface area contributed by atoms with Crippen molar-refractivity contribution in [1.29, 1.82) is 0 Å². The summed E-state index contributed by atoms with van der Waals surface area (Å²) in [7, 11) is 0. The second-order valence-corrected chi connectivity index (χ2v) is 5.31. The lowest BCUT2D eigenvalue weighted by Crippen LogP contribution is -2.19. The molecule has 0 aromatic carbocycles. The first kappa shape index (κ1) is 13.8. The van der Waals surface area contributed by atoms with E-state index < -0.39 is 0 Å². The Morgan fingerprint density at radius 1 is 1.37 bits per heavy atom. The molecule has 0 unspecified atom stereocenters. The summed E-state index contributed by atoms with van der Waals surface area (Å²) in [5, 5.41) is 11.8. The van der Waals surface area contributed by atoms with Gasteiger partial charge in [0, 0.05) is 23.9 Å². The predicted molar refractivity (Wildman–Crippen MR) is 73.9 cm³/mol. The molecule has 0 bridgehead atoms. The summed E-state index contributed by atoms with van der Waals surface area (Å²) >= 11 is 0. The summed E-state index contributed by atoms with van der Waals surface area (Å²) in [6.07, 6.45) is 1.66. The standard InChI is InChI=1S/C14H22N4O/c1-10(2)7-15-8-14-11(3)17-18(12(14)4)9-13-5-6-16-19-13/h5-6,10,15H,7-9H2,1-4H3. The Morgan fingerprint density at radius 3 is 2.79 bits per heavy atom. The third-order valence-electron chi connectivity index (χ3n) is 3.18. The fourth-order valence-corrected chi connectivity index (χ4v) is 2.10. The first-order chi connectivity index (χ1) is 9.08. The van der Waals surface area contributed by atoms with Crippen LogP contribution < -0.4 is 5.32 Å². The highest BCUT2D eigenvalue weighted by atomic mass is 16.5. The van der Waals surface area contributed by atoms with Gasteiger partial charge >= 0.3 is 0 Å². The summed E-state index contributed by atoms with van der Waals surface area (Å²) < 4.78 is 7.10. The van der Waals surface area contributed by atoms with Gasteiger partial charge in [-0.3, -0.25) is 4.68 Å². The third kappa shape index (κ3) is 3.44. The molecular formula is C14H22N4O. The second-order valence-electron chi connectivity index (χ2n) is 5.31. The number of rotatable bonds is 6. The summed E-state index contributed by atoms with van der Waals surface area (Å²) in [5.74, 6) is 1.48. The molecule has 0 saturated heterocycles. The van der Waals surface area contributed by atoms with E-state index in [2.05, 4.69) is 43.3 Å². The molecular weight excluding hydrogens is 240 g/mol. The highest BCUT2D eigenvalue weighted by Gasteiger charge is 2.12. The quantitative estimate of drug-likeness (QED) is 0.867. The average molecular weight is 262 g/mol. The number of aromatic nitrogens is 3. The zero-order valence-corrected chi connectivity index (χ0v) is 12.1. The Morgan fingerprint density at radius 2 is 2.16 bits per heavy atom. The molecule has 0 atom stereocenters. The van der Waals surface area contributed by atoms with Crippen molar-refractivity contribution >= 4 is 0 Å². The first-order valence-corrected chi connectivity index (χ1v) is 6.71. The van der Waals surface area contributed by atoms with Crippen LogP contribution in [0.2, 0.25) is 0 Å². The number of aryl methyl sites for hydroxylation is 1. The van der Waals surface area contributed by atoms with Crippen molar-refractivity contribution < 1.29 is 4.52 Å². The molecule has 2 rings (SSSR count). The van der Waals surface area contributed by atoms with Gasteiger partial charge < -0.3 is 9.84 Å². The SMILES string of the molecule is Cc1nn(Cc2ccno2)c(C)c1CNCC(C)C. The highest BCUT2D eigenvalue weighted by molar-refractivity contribution is 5.24. The van der Waals surface area contributed by atoms with E-state index in [1.807, 2.05) is 10.7 Å². The Balaban J connectivity index is 2.06. The molecule has 1 N–H and O–H groups in total. The summed E-state index contributed by atoms with van der Waals surface area (Å²) in [6.45, 7) is 11.1. The smallest absolute Gasteiger partial charge is 0.158 e. The van der Waals surface area contributed by atoms with Gasteiger partial charge in [-0.25, -0.2) is 0 Å². The van der Waals surface area contributed by atoms with Crippen molar-refractivity contribution in [2.45, 2.75) is 40.8 Å². The molecule has 0 radical (unpaired) electrons. The largest absolute Gasteiger partial charge is 0.359 e. The van der Waals surface area contributed by atoms with E-state index in [0.29, 0.717) is 12.5 Å². The third-order valence-corrected chi connectivity index (χ3v) is 3.18. The van der Waals surface area contributed by atoms with Crippen LogP contribution in [-0.4, -0.2) is 21.5 Å². The minimum Gasteiger partial charge on any atom is -0.359 e. The lowest BCUT2D eigenvalue weighted by atomic mass is 10.2. The van der Waals surface area contributed by atoms with E-state index in [4.69, 9.17) is 4.52 Å². The molecule has 0 fully saturated rings. The molecule has 5 nitrogen and oxygen atoms in total. The van der Waals surface area contributed by atoms with Crippen LogP contribution in [0.3, 0.4) is 0 Å². The lowest BCUT2D eigenvalue weighted by Gasteiger charge is -2.08. The van der Waals surface area contributed by atoms with Gasteiger partial charge in [-0.15, -0.1) is 0 Å². The second kappa shape index (κ2) is 6.02. The van der Waals surface area contributed by atoms with Gasteiger partial charge in [-0.1, -0.05) is 19.0 Å². The topological polar surface area (TPSA) is 55.9 Å². The first-order valence-electron chi connectivity index (χ1n) is 6.71. The Hall–Kier alpha value is -1.62. The minimum atomic E-state index is 0.636. The van der Waals surface area contributed by atoms with Gasteiger partial charge in [0.15, 0.2) is 5.76 Å². The maximum Gasteiger partial charge on any atom is 0.158 e. The summed E-state index contributed by atoms with van der Waals surface area (Å²) in [4.78, 5) is 0. The molecule has 19 heavy (non-hydrogen) atoms. The van der Waals surface area contributed by atoms with Crippen molar-refractivity contribution in [3.63, 3.8) is 0 Å². The molecule has 104 valence electrons. The van der Waals surface area contributed by atoms with E-state index in [9.17, 15) is 0 Å². The van der Waals surface area contributed by atoms with E-state index in [-0.39, 0.29) is 0 Å². The average Bonchev–Trinajstić information content (AvgIpc) is 2.93. The summed E-state index contributed by atoms with van der Waals surface area (Å²) in [6, 6.07) is 1.87. The van der Waals surface area contributed by atoms with Crippen LogP contribution in [0.25, 0.3) is 0 Å². The number of hydrogen-bond acceptors (Lipinski definition) is 4. The van der Waals surface area contributed by atoms with Crippen LogP contribution in [0.1, 0.15) is 36.6 Å². The van der Waals surface area contributed by atoms with E-state index in [0.717, 1.165) is 24.5 Å². The Bertz CT molecular complexity index is 514. The Kier molecular flexibility index (Phi) is 4.37. The number of nitrogens with one attached hydrogen (secondary N) is 1. The van der Waals surface area contributed by atoms with Crippen LogP contribution in [0.4, 0.5) is 0 Å². The number of nitrogens with zero attached hydrogens (tertiary/aromatic N) is 3. The number of hydrogen-bond donors (Lipinski definition) is 1. The molecule has 0 aliphatic rings. The molecule has 0 amide bonds. The van der Waals surface area contributed by atoms with Crippen LogP contribution in [0, 0.1) is 19.8 Å². The van der Waals surface area contributed by atoms with Gasteiger partial charge in [0.25, 0.3) is 0 Å². The van der Waals surface area contributed by atoms with Crippen molar-refractivity contribution in [3.8, 4) is 0 Å². The lowest BCUT2D eigenvalue weighted by molar-refractivity contribution is 0.370. The Labute approximate surface area is 114 Å². The molecule has 2 aromatic rings. The van der Waals surface area contributed by atoms with Gasteiger partial charge in [0.05, 0.1) is 11.9 Å². The molecule has 0 aliphatic heterocycles. The fraction of sp³-hybridized carbons (Fsp3) is 0.571. The molecule has 0 aliphatic carbocycles. The van der Waals surface area contributed by atoms with E-state index in [1.165, 1.54) is 11.3 Å². The van der Waals surface area contributed by atoms with Gasteiger partial charge in [0.1, 0.15) is 6.54 Å². The molecule has 0 spiro atoms. The maximum absolute atomic E-state index is 5.13. The maximum atomic E-state index is 5.13. The van der Waals surface area contributed by atoms with Crippen molar-refractivity contribution in [3.05, 3.63) is 35.0 Å². The molecule has 2 aromatic heterocycles. The van der Waals surface area contributed by atoms with Gasteiger partial charge in [-0.2, -0.15) is 5.10 Å². The normalized spacial score (nSPS) is 11.4. The van der Waals surface area contributed by atoms with Crippen LogP contribution in [0.15, 0.2) is 16.8 Å². The van der Waals surface area contributed by atoms with E-state index in [1.54, 1.807) is 6.20 Å². The predicted octanol–water partition coefficient (Wildman–Crippen LogP) is 2.28. The zero-order chi connectivity index (χ0) is 13.8. The van der Waals surface area contributed by atoms with Crippen LogP contribution in [0.5, 0.6) is 0 Å². The van der Waals surface area contributed by atoms with Gasteiger partial charge in [-0.05, 0) is 26.3 Å². The van der Waals surface area contributed by atoms with Gasteiger partial charge in [0.2, 0.25) is 0 Å². The minimum absolute atomic E-state index is 0.636. The molecule has 2 heterocycles. The molecule has 0 saturated carbocycles. The van der Waals surface area contributed by atoms with E-state index >= 15 is 0 Å². The van der Waals surface area contributed by atoms with Crippen molar-refractivity contribution in [2.75, 3.05) is 6.54 Å². The fourth-order valence-electron chi connectivity index (χ4n) is 2.10. The van der Waals surface area contributed by atoms with Crippen LogP contribution in [-0.2, 0) is 13.1 Å². The summed E-state index contributed by atoms with van der Waals surface area (Å²) in [5.41, 5.74) is 3.54. The van der Waals surface area contributed by atoms with Crippen LogP contribution >= 0.6 is 0 Å². The highest BCUT2D eigenvalue weighted by Crippen LogP contribution is 2.14.